The van der Waals surface area contributed by atoms with Crippen molar-refractivity contribution in [3.63, 3.8) is 0 Å². The van der Waals surface area contributed by atoms with Crippen LogP contribution < -0.4 is 5.32 Å². The Labute approximate surface area is 147 Å². The zero-order valence-electron chi connectivity index (χ0n) is 14.5. The highest BCUT2D eigenvalue weighted by Crippen LogP contribution is 2.19. The second-order valence-corrected chi connectivity index (χ2v) is 6.09. The molecule has 2 aromatic rings. The van der Waals surface area contributed by atoms with Crippen LogP contribution in [-0.2, 0) is 16.0 Å². The normalized spacial score (nSPS) is 11.6. The maximum absolute atomic E-state index is 12.0. The molecule has 5 heteroatoms. The summed E-state index contributed by atoms with van der Waals surface area (Å²) in [4.78, 5) is 23.9. The van der Waals surface area contributed by atoms with E-state index in [0.29, 0.717) is 0 Å². The zero-order chi connectivity index (χ0) is 18.2. The first-order valence-electron chi connectivity index (χ1n) is 8.25. The van der Waals surface area contributed by atoms with Gasteiger partial charge in [0.1, 0.15) is 11.3 Å². The van der Waals surface area contributed by atoms with Gasteiger partial charge in [0, 0.05) is 6.04 Å². The van der Waals surface area contributed by atoms with Crippen LogP contribution >= 0.6 is 0 Å². The Morgan fingerprint density at radius 2 is 1.88 bits per heavy atom. The first-order chi connectivity index (χ1) is 12.0. The minimum atomic E-state index is -0.715. The number of aryl methyl sites for hydroxylation is 2. The van der Waals surface area contributed by atoms with E-state index >= 15 is 0 Å². The Balaban J connectivity index is 1.76. The molecule has 0 heterocycles. The molecule has 2 rings (SSSR count). The quantitative estimate of drug-likeness (QED) is 0.759. The lowest BCUT2D eigenvalue weighted by atomic mass is 10.1. The molecule has 1 atom stereocenters. The second kappa shape index (κ2) is 8.87. The first-order valence-corrected chi connectivity index (χ1v) is 8.25. The van der Waals surface area contributed by atoms with Crippen LogP contribution in [0, 0.1) is 6.92 Å². The number of carbonyl (C=O) groups excluding carboxylic acids is 2. The van der Waals surface area contributed by atoms with Crippen LogP contribution in [0.3, 0.4) is 0 Å². The number of hydrogen-bond donors (Lipinski definition) is 2. The lowest BCUT2D eigenvalue weighted by Crippen LogP contribution is -2.36. The fourth-order valence-corrected chi connectivity index (χ4v) is 2.44. The van der Waals surface area contributed by atoms with Gasteiger partial charge in [-0.3, -0.25) is 4.79 Å². The number of hydrogen-bond acceptors (Lipinski definition) is 4. The highest BCUT2D eigenvalue weighted by Gasteiger charge is 2.15. The largest absolute Gasteiger partial charge is 0.507 e. The molecule has 1 unspecified atom stereocenters. The lowest BCUT2D eigenvalue weighted by Gasteiger charge is -2.14. The molecular weight excluding hydrogens is 318 g/mol. The molecule has 0 aliphatic rings. The number of esters is 1. The van der Waals surface area contributed by atoms with Crippen molar-refractivity contribution < 1.29 is 19.4 Å². The molecule has 25 heavy (non-hydrogen) atoms. The molecule has 2 aromatic carbocycles. The molecule has 0 spiro atoms. The molecule has 0 aliphatic carbocycles. The molecule has 0 bridgehead atoms. The molecule has 0 saturated heterocycles. The predicted octanol–water partition coefficient (Wildman–Crippen LogP) is 2.99. The minimum absolute atomic E-state index is 0.0289. The van der Waals surface area contributed by atoms with E-state index in [4.69, 9.17) is 4.74 Å². The van der Waals surface area contributed by atoms with Crippen molar-refractivity contribution in [3.8, 4) is 5.75 Å². The summed E-state index contributed by atoms with van der Waals surface area (Å²) in [5.74, 6) is -1.23. The zero-order valence-corrected chi connectivity index (χ0v) is 14.5. The number of benzene rings is 2. The van der Waals surface area contributed by atoms with Gasteiger partial charge in [0.05, 0.1) is 0 Å². The number of phenols is 1. The predicted molar refractivity (Wildman–Crippen MR) is 95.5 cm³/mol. The highest BCUT2D eigenvalue weighted by atomic mass is 16.5. The molecule has 1 amide bonds. The number of rotatable bonds is 7. The first kappa shape index (κ1) is 18.5. The van der Waals surface area contributed by atoms with Gasteiger partial charge < -0.3 is 15.2 Å². The summed E-state index contributed by atoms with van der Waals surface area (Å²) in [6, 6.07) is 14.6. The van der Waals surface area contributed by atoms with E-state index in [0.717, 1.165) is 18.4 Å². The van der Waals surface area contributed by atoms with E-state index in [1.165, 1.54) is 17.7 Å². The number of carbonyl (C=O) groups is 2. The Hall–Kier alpha value is -2.82. The van der Waals surface area contributed by atoms with Crippen molar-refractivity contribution >= 4 is 11.9 Å². The highest BCUT2D eigenvalue weighted by molar-refractivity contribution is 5.94. The van der Waals surface area contributed by atoms with E-state index in [2.05, 4.69) is 5.32 Å². The van der Waals surface area contributed by atoms with E-state index < -0.39 is 5.97 Å². The fourth-order valence-electron chi connectivity index (χ4n) is 2.44. The molecule has 0 radical (unpaired) electrons. The number of aromatic hydroxyl groups is 1. The summed E-state index contributed by atoms with van der Waals surface area (Å²) in [7, 11) is 0. The van der Waals surface area contributed by atoms with Crippen LogP contribution in [0.25, 0.3) is 0 Å². The smallest absolute Gasteiger partial charge is 0.342 e. The Bertz CT molecular complexity index is 728. The molecular formula is C20H23NO4. The summed E-state index contributed by atoms with van der Waals surface area (Å²) >= 11 is 0. The standard InChI is InChI=1S/C20H23NO4/c1-14-8-11-18(22)17(12-14)20(24)25-13-19(23)21-15(2)9-10-16-6-4-3-5-7-16/h3-8,11-12,15,22H,9-10,13H2,1-2H3,(H,21,23). The Morgan fingerprint density at radius 1 is 1.16 bits per heavy atom. The molecule has 2 N–H and O–H groups in total. The number of phenolic OH excluding ortho intramolecular Hbond substituents is 1. The van der Waals surface area contributed by atoms with E-state index in [1.54, 1.807) is 13.0 Å². The van der Waals surface area contributed by atoms with Crippen molar-refractivity contribution in [2.24, 2.45) is 0 Å². The second-order valence-electron chi connectivity index (χ2n) is 6.09. The number of amides is 1. The van der Waals surface area contributed by atoms with E-state index in [9.17, 15) is 14.7 Å². The number of nitrogens with one attached hydrogen (secondary N) is 1. The topological polar surface area (TPSA) is 75.6 Å². The summed E-state index contributed by atoms with van der Waals surface area (Å²) in [5.41, 5.74) is 2.10. The SMILES string of the molecule is Cc1ccc(O)c(C(=O)OCC(=O)NC(C)CCc2ccccc2)c1. The van der Waals surface area contributed by atoms with Gasteiger partial charge >= 0.3 is 5.97 Å². The third-order valence-corrected chi connectivity index (χ3v) is 3.82. The molecule has 132 valence electrons. The molecule has 5 nitrogen and oxygen atoms in total. The molecule has 0 aromatic heterocycles. The van der Waals surface area contributed by atoms with Crippen LogP contribution in [0.1, 0.15) is 34.8 Å². The van der Waals surface area contributed by atoms with Crippen LogP contribution in [0.2, 0.25) is 0 Å². The Morgan fingerprint density at radius 3 is 2.60 bits per heavy atom. The van der Waals surface area contributed by atoms with Crippen molar-refractivity contribution in [1.29, 1.82) is 0 Å². The maximum Gasteiger partial charge on any atom is 0.342 e. The maximum atomic E-state index is 12.0. The average Bonchev–Trinajstić information content (AvgIpc) is 2.61. The van der Waals surface area contributed by atoms with Crippen molar-refractivity contribution in [1.82, 2.24) is 5.32 Å². The van der Waals surface area contributed by atoms with Crippen LogP contribution in [0.4, 0.5) is 0 Å². The van der Waals surface area contributed by atoms with Crippen LogP contribution in [0.5, 0.6) is 5.75 Å². The van der Waals surface area contributed by atoms with Crippen molar-refractivity contribution in [2.75, 3.05) is 6.61 Å². The van der Waals surface area contributed by atoms with Gasteiger partial charge in [0.25, 0.3) is 5.91 Å². The van der Waals surface area contributed by atoms with Gasteiger partial charge in [0.2, 0.25) is 0 Å². The average molecular weight is 341 g/mol. The van der Waals surface area contributed by atoms with E-state index in [-0.39, 0.29) is 29.9 Å². The van der Waals surface area contributed by atoms with Crippen molar-refractivity contribution in [2.45, 2.75) is 32.7 Å². The summed E-state index contributed by atoms with van der Waals surface area (Å²) in [6.07, 6.45) is 1.65. The molecule has 0 saturated carbocycles. The minimum Gasteiger partial charge on any atom is -0.507 e. The van der Waals surface area contributed by atoms with Crippen LogP contribution in [0.15, 0.2) is 48.5 Å². The van der Waals surface area contributed by atoms with E-state index in [1.807, 2.05) is 37.3 Å². The van der Waals surface area contributed by atoms with Gasteiger partial charge in [0.15, 0.2) is 6.61 Å². The molecule has 0 fully saturated rings. The summed E-state index contributed by atoms with van der Waals surface area (Å²) < 4.78 is 4.98. The Kier molecular flexibility index (Phi) is 6.57. The van der Waals surface area contributed by atoms with Gasteiger partial charge in [-0.25, -0.2) is 4.79 Å². The third kappa shape index (κ3) is 5.95. The monoisotopic (exact) mass is 341 g/mol. The van der Waals surface area contributed by atoms with Gasteiger partial charge in [-0.05, 0) is 44.4 Å². The number of ether oxygens (including phenoxy) is 1. The lowest BCUT2D eigenvalue weighted by molar-refractivity contribution is -0.124. The van der Waals surface area contributed by atoms with Crippen LogP contribution in [-0.4, -0.2) is 29.6 Å². The van der Waals surface area contributed by atoms with Gasteiger partial charge in [-0.15, -0.1) is 0 Å². The van der Waals surface area contributed by atoms with Gasteiger partial charge in [-0.2, -0.15) is 0 Å². The summed E-state index contributed by atoms with van der Waals surface area (Å²) in [6.45, 7) is 3.34. The van der Waals surface area contributed by atoms with Gasteiger partial charge in [-0.1, -0.05) is 42.0 Å². The third-order valence-electron chi connectivity index (χ3n) is 3.82. The molecule has 0 aliphatic heterocycles. The summed E-state index contributed by atoms with van der Waals surface area (Å²) in [5, 5.41) is 12.5. The fraction of sp³-hybridized carbons (Fsp3) is 0.300. The van der Waals surface area contributed by atoms with Crippen molar-refractivity contribution in [3.05, 3.63) is 65.2 Å².